The first-order valence-corrected chi connectivity index (χ1v) is 3.76. The van der Waals surface area contributed by atoms with E-state index in [1.165, 1.54) is 0 Å². The van der Waals surface area contributed by atoms with Crippen LogP contribution >= 0.6 is 0 Å². The molecule has 2 atom stereocenters. The van der Waals surface area contributed by atoms with Crippen molar-refractivity contribution in [3.05, 3.63) is 0 Å². The zero-order valence-corrected chi connectivity index (χ0v) is 6.73. The molecule has 0 aliphatic carbocycles. The first-order valence-electron chi connectivity index (χ1n) is 3.76. The molecular weight excluding hydrogens is 148 g/mol. The van der Waals surface area contributed by atoms with Crippen LogP contribution in [0.25, 0.3) is 0 Å². The fourth-order valence-electron chi connectivity index (χ4n) is 0.303. The molecule has 0 saturated carbocycles. The summed E-state index contributed by atoms with van der Waals surface area (Å²) in [7, 11) is 0. The van der Waals surface area contributed by atoms with Gasteiger partial charge in [-0.25, -0.2) is 0 Å². The molecule has 0 bridgehead atoms. The van der Waals surface area contributed by atoms with Crippen molar-refractivity contribution in [1.29, 1.82) is 0 Å². The number of rotatable bonds is 3. The van der Waals surface area contributed by atoms with Gasteiger partial charge in [-0.3, -0.25) is 0 Å². The van der Waals surface area contributed by atoms with Gasteiger partial charge in [0, 0.05) is 0 Å². The largest absolute Gasteiger partial charge is 0.394 e. The highest BCUT2D eigenvalue weighted by Crippen LogP contribution is 2.04. The van der Waals surface area contributed by atoms with Crippen LogP contribution in [0.4, 0.5) is 0 Å². The summed E-state index contributed by atoms with van der Waals surface area (Å²) in [4.78, 5) is 0. The average Bonchev–Trinajstić information content (AvgIpc) is 2.86. The molecule has 3 N–H and O–H groups in total. The van der Waals surface area contributed by atoms with Gasteiger partial charge < -0.3 is 20.1 Å². The number of epoxide rings is 1. The summed E-state index contributed by atoms with van der Waals surface area (Å²) in [6.45, 7) is 2.66. The van der Waals surface area contributed by atoms with Crippen molar-refractivity contribution in [2.45, 2.75) is 25.6 Å². The Hall–Kier alpha value is -0.160. The van der Waals surface area contributed by atoms with E-state index in [4.69, 9.17) is 15.3 Å². The fraction of sp³-hybridized carbons (Fsp3) is 1.00. The van der Waals surface area contributed by atoms with E-state index < -0.39 is 6.10 Å². The van der Waals surface area contributed by atoms with Gasteiger partial charge >= 0.3 is 0 Å². The fourth-order valence-corrected chi connectivity index (χ4v) is 0.303. The number of aliphatic hydroxyl groups excluding tert-OH is 3. The zero-order chi connectivity index (χ0) is 8.69. The topological polar surface area (TPSA) is 73.2 Å². The van der Waals surface area contributed by atoms with Gasteiger partial charge in [-0.05, 0) is 6.42 Å². The molecule has 0 aromatic carbocycles. The maximum Gasteiger partial charge on any atom is 0.104 e. The second-order valence-electron chi connectivity index (χ2n) is 2.38. The normalized spacial score (nSPS) is 23.5. The average molecular weight is 164 g/mol. The Morgan fingerprint density at radius 2 is 2.09 bits per heavy atom. The van der Waals surface area contributed by atoms with Crippen LogP contribution in [0, 0.1) is 0 Å². The second kappa shape index (κ2) is 6.54. The van der Waals surface area contributed by atoms with Crippen LogP contribution in [0.15, 0.2) is 0 Å². The van der Waals surface area contributed by atoms with E-state index in [1.807, 2.05) is 6.92 Å². The molecule has 68 valence electrons. The summed E-state index contributed by atoms with van der Waals surface area (Å²) in [6.07, 6.45) is 0.316. The minimum Gasteiger partial charge on any atom is -0.394 e. The molecule has 0 radical (unpaired) electrons. The lowest BCUT2D eigenvalue weighted by atomic mass is 10.3. The van der Waals surface area contributed by atoms with Crippen LogP contribution < -0.4 is 0 Å². The lowest BCUT2D eigenvalue weighted by Crippen LogP contribution is -2.08. The van der Waals surface area contributed by atoms with Crippen molar-refractivity contribution in [3.8, 4) is 0 Å². The van der Waals surface area contributed by atoms with Gasteiger partial charge in [-0.2, -0.15) is 0 Å². The Morgan fingerprint density at radius 3 is 2.09 bits per heavy atom. The second-order valence-corrected chi connectivity index (χ2v) is 2.38. The van der Waals surface area contributed by atoms with Crippen molar-refractivity contribution >= 4 is 0 Å². The molecule has 1 saturated heterocycles. The van der Waals surface area contributed by atoms with Gasteiger partial charge in [0.15, 0.2) is 0 Å². The lowest BCUT2D eigenvalue weighted by molar-refractivity contribution is 0.0923. The number of hydrogen-bond acceptors (Lipinski definition) is 4. The summed E-state index contributed by atoms with van der Waals surface area (Å²) in [6, 6.07) is 0. The molecule has 1 aliphatic rings. The van der Waals surface area contributed by atoms with Crippen molar-refractivity contribution in [2.75, 3.05) is 19.8 Å². The highest BCUT2D eigenvalue weighted by atomic mass is 16.6. The smallest absolute Gasteiger partial charge is 0.104 e. The van der Waals surface area contributed by atoms with Gasteiger partial charge in [0.1, 0.15) is 6.10 Å². The molecule has 1 fully saturated rings. The zero-order valence-electron chi connectivity index (χ0n) is 6.73. The van der Waals surface area contributed by atoms with E-state index in [1.54, 1.807) is 0 Å². The van der Waals surface area contributed by atoms with Gasteiger partial charge in [0.25, 0.3) is 0 Å². The van der Waals surface area contributed by atoms with Crippen molar-refractivity contribution in [3.63, 3.8) is 0 Å². The Bertz CT molecular complexity index is 78.5. The van der Waals surface area contributed by atoms with Crippen molar-refractivity contribution in [2.24, 2.45) is 0 Å². The summed E-state index contributed by atoms with van der Waals surface area (Å²) in [5.41, 5.74) is 0. The molecule has 0 spiro atoms. The molecule has 4 nitrogen and oxygen atoms in total. The summed E-state index contributed by atoms with van der Waals surface area (Å²) in [5, 5.41) is 24.6. The van der Waals surface area contributed by atoms with Crippen molar-refractivity contribution in [1.82, 2.24) is 0 Å². The van der Waals surface area contributed by atoms with E-state index >= 15 is 0 Å². The molecule has 0 aromatic rings. The summed E-state index contributed by atoms with van der Waals surface area (Å²) in [5.74, 6) is 0. The van der Waals surface area contributed by atoms with E-state index in [-0.39, 0.29) is 19.3 Å². The quantitative estimate of drug-likeness (QED) is 0.474. The van der Waals surface area contributed by atoms with Gasteiger partial charge in [-0.15, -0.1) is 0 Å². The Morgan fingerprint density at radius 1 is 1.55 bits per heavy atom. The molecular formula is C7H16O4. The van der Waals surface area contributed by atoms with Gasteiger partial charge in [0.05, 0.1) is 25.9 Å². The molecule has 1 heterocycles. The number of ether oxygens (including phenoxy) is 1. The maximum atomic E-state index is 8.42. The SMILES string of the molecule is CCC(O)CO.OCC1CO1. The maximum absolute atomic E-state index is 8.42. The van der Waals surface area contributed by atoms with Gasteiger partial charge in [-0.1, -0.05) is 6.92 Å². The van der Waals surface area contributed by atoms with E-state index in [0.717, 1.165) is 6.61 Å². The number of hydrogen-bond donors (Lipinski definition) is 3. The first-order chi connectivity index (χ1) is 5.24. The highest BCUT2D eigenvalue weighted by Gasteiger charge is 2.19. The molecule has 11 heavy (non-hydrogen) atoms. The Balaban J connectivity index is 0.000000183. The Labute approximate surface area is 66.4 Å². The van der Waals surface area contributed by atoms with Crippen LogP contribution in [0.2, 0.25) is 0 Å². The molecule has 4 heteroatoms. The summed E-state index contributed by atoms with van der Waals surface area (Å²) < 4.78 is 4.61. The summed E-state index contributed by atoms with van der Waals surface area (Å²) >= 11 is 0. The third-order valence-corrected chi connectivity index (χ3v) is 1.29. The van der Waals surface area contributed by atoms with Crippen LogP contribution in [-0.4, -0.2) is 47.3 Å². The minimum atomic E-state index is -0.509. The standard InChI is InChI=1S/C4H10O2.C3H6O2/c1-2-4(6)3-5;4-1-3-2-5-3/h4-6H,2-3H2,1H3;3-4H,1-2H2. The molecule has 1 rings (SSSR count). The highest BCUT2D eigenvalue weighted by molar-refractivity contribution is 4.65. The van der Waals surface area contributed by atoms with Crippen LogP contribution in [-0.2, 0) is 4.74 Å². The predicted octanol–water partition coefficient (Wildman–Crippen LogP) is -0.873. The predicted molar refractivity (Wildman–Crippen MR) is 40.2 cm³/mol. The molecule has 0 aromatic heterocycles. The number of aliphatic hydroxyl groups is 3. The monoisotopic (exact) mass is 164 g/mol. The van der Waals surface area contributed by atoms with Crippen molar-refractivity contribution < 1.29 is 20.1 Å². The third-order valence-electron chi connectivity index (χ3n) is 1.29. The van der Waals surface area contributed by atoms with E-state index in [9.17, 15) is 0 Å². The first kappa shape index (κ1) is 10.8. The Kier molecular flexibility index (Phi) is 6.45. The molecule has 0 amide bonds. The molecule has 2 unspecified atom stereocenters. The van der Waals surface area contributed by atoms with Crippen LogP contribution in [0.1, 0.15) is 13.3 Å². The third kappa shape index (κ3) is 7.74. The van der Waals surface area contributed by atoms with Gasteiger partial charge in [0.2, 0.25) is 0 Å². The van der Waals surface area contributed by atoms with Crippen LogP contribution in [0.5, 0.6) is 0 Å². The lowest BCUT2D eigenvalue weighted by Gasteiger charge is -1.97. The molecule has 1 aliphatic heterocycles. The van der Waals surface area contributed by atoms with E-state index in [2.05, 4.69) is 4.74 Å². The van der Waals surface area contributed by atoms with Crippen LogP contribution in [0.3, 0.4) is 0 Å². The minimum absolute atomic E-state index is 0.115. The van der Waals surface area contributed by atoms with E-state index in [0.29, 0.717) is 6.42 Å².